The molecule has 1 aliphatic heterocycles. The van der Waals surface area contributed by atoms with Crippen molar-refractivity contribution in [2.75, 3.05) is 0 Å². The highest BCUT2D eigenvalue weighted by Crippen LogP contribution is 2.29. The van der Waals surface area contributed by atoms with Crippen LogP contribution in [0.3, 0.4) is 0 Å². The van der Waals surface area contributed by atoms with Crippen LogP contribution in [0.15, 0.2) is 24.3 Å². The van der Waals surface area contributed by atoms with Crippen LogP contribution < -0.4 is 11.3 Å². The van der Waals surface area contributed by atoms with E-state index in [1.807, 2.05) is 0 Å². The average molecular weight is 220 g/mol. The molecule has 1 saturated heterocycles. The molecule has 0 amide bonds. The summed E-state index contributed by atoms with van der Waals surface area (Å²) < 4.78 is 5.87. The van der Waals surface area contributed by atoms with Crippen molar-refractivity contribution in [3.8, 4) is 0 Å². The third-order valence-corrected chi connectivity index (χ3v) is 3.22. The van der Waals surface area contributed by atoms with Gasteiger partial charge in [0.2, 0.25) is 0 Å². The number of hydrogen-bond donors (Lipinski definition) is 2. The molecule has 1 aromatic carbocycles. The smallest absolute Gasteiger partial charge is 0.0787 e. The number of nitrogens with one attached hydrogen (secondary N) is 1. The van der Waals surface area contributed by atoms with E-state index in [1.165, 1.54) is 11.1 Å². The molecule has 1 fully saturated rings. The fourth-order valence-corrected chi connectivity index (χ4v) is 2.36. The summed E-state index contributed by atoms with van der Waals surface area (Å²) in [7, 11) is 0. The average Bonchev–Trinajstić information content (AvgIpc) is 2.66. The normalized spacial score (nSPS) is 26.9. The number of hydrazine groups is 1. The first-order valence-electron chi connectivity index (χ1n) is 5.89. The Morgan fingerprint density at radius 3 is 2.81 bits per heavy atom. The van der Waals surface area contributed by atoms with E-state index in [0.29, 0.717) is 6.10 Å². The highest BCUT2D eigenvalue weighted by Gasteiger charge is 2.29. The van der Waals surface area contributed by atoms with Gasteiger partial charge in [-0.2, -0.15) is 0 Å². The molecule has 3 unspecified atom stereocenters. The second-order valence-corrected chi connectivity index (χ2v) is 4.62. The molecule has 0 aliphatic carbocycles. The zero-order chi connectivity index (χ0) is 11.5. The van der Waals surface area contributed by atoms with E-state index in [0.717, 1.165) is 12.8 Å². The van der Waals surface area contributed by atoms with Gasteiger partial charge in [-0.3, -0.25) is 11.3 Å². The summed E-state index contributed by atoms with van der Waals surface area (Å²) in [6.45, 7) is 4.21. The second kappa shape index (κ2) is 4.95. The number of aryl methyl sites for hydroxylation is 1. The quantitative estimate of drug-likeness (QED) is 0.605. The zero-order valence-electron chi connectivity index (χ0n) is 9.94. The first-order chi connectivity index (χ1) is 7.70. The number of nitrogens with two attached hydrogens (primary N) is 1. The van der Waals surface area contributed by atoms with E-state index >= 15 is 0 Å². The van der Waals surface area contributed by atoms with Gasteiger partial charge in [-0.1, -0.05) is 29.8 Å². The van der Waals surface area contributed by atoms with E-state index in [-0.39, 0.29) is 12.1 Å². The van der Waals surface area contributed by atoms with Crippen molar-refractivity contribution in [1.82, 2.24) is 5.43 Å². The Morgan fingerprint density at radius 2 is 2.25 bits per heavy atom. The molecule has 0 bridgehead atoms. The van der Waals surface area contributed by atoms with Gasteiger partial charge in [0.1, 0.15) is 0 Å². The number of rotatable bonds is 3. The summed E-state index contributed by atoms with van der Waals surface area (Å²) in [5, 5.41) is 0. The molecular formula is C13H20N2O. The Kier molecular flexibility index (Phi) is 3.59. The van der Waals surface area contributed by atoms with Crippen LogP contribution in [0.1, 0.15) is 36.9 Å². The molecule has 3 atom stereocenters. The van der Waals surface area contributed by atoms with E-state index in [1.54, 1.807) is 0 Å². The van der Waals surface area contributed by atoms with Gasteiger partial charge in [0.05, 0.1) is 18.2 Å². The summed E-state index contributed by atoms with van der Waals surface area (Å²) in [4.78, 5) is 0. The molecule has 3 heteroatoms. The Hall–Kier alpha value is -0.900. The van der Waals surface area contributed by atoms with Crippen LogP contribution >= 0.6 is 0 Å². The molecule has 0 aromatic heterocycles. The van der Waals surface area contributed by atoms with Crippen LogP contribution in [-0.2, 0) is 4.74 Å². The predicted octanol–water partition coefficient (Wildman–Crippen LogP) is 2.07. The molecule has 2 rings (SSSR count). The molecule has 3 N–H and O–H groups in total. The Balaban J connectivity index is 2.16. The molecule has 3 nitrogen and oxygen atoms in total. The SMILES string of the molecule is Cc1cccc(C(NN)C2CCC(C)O2)c1. The van der Waals surface area contributed by atoms with Crippen LogP contribution in [-0.4, -0.2) is 12.2 Å². The molecule has 16 heavy (non-hydrogen) atoms. The lowest BCUT2D eigenvalue weighted by Crippen LogP contribution is -2.36. The maximum absolute atomic E-state index is 5.87. The van der Waals surface area contributed by atoms with Crippen molar-refractivity contribution in [2.24, 2.45) is 5.84 Å². The van der Waals surface area contributed by atoms with E-state index in [9.17, 15) is 0 Å². The topological polar surface area (TPSA) is 47.3 Å². The Labute approximate surface area is 97.0 Å². The summed E-state index contributed by atoms with van der Waals surface area (Å²) in [5.74, 6) is 5.65. The third-order valence-electron chi connectivity index (χ3n) is 3.22. The van der Waals surface area contributed by atoms with Gasteiger partial charge in [0, 0.05) is 0 Å². The number of hydrogen-bond acceptors (Lipinski definition) is 3. The molecular weight excluding hydrogens is 200 g/mol. The van der Waals surface area contributed by atoms with Gasteiger partial charge >= 0.3 is 0 Å². The zero-order valence-corrected chi connectivity index (χ0v) is 9.94. The summed E-state index contributed by atoms with van der Waals surface area (Å²) in [6.07, 6.45) is 2.74. The molecule has 1 heterocycles. The van der Waals surface area contributed by atoms with Crippen molar-refractivity contribution >= 4 is 0 Å². The minimum Gasteiger partial charge on any atom is -0.373 e. The van der Waals surface area contributed by atoms with E-state index in [4.69, 9.17) is 10.6 Å². The van der Waals surface area contributed by atoms with Gasteiger partial charge in [-0.05, 0) is 32.3 Å². The van der Waals surface area contributed by atoms with Crippen LogP contribution in [0, 0.1) is 6.92 Å². The first-order valence-corrected chi connectivity index (χ1v) is 5.89. The summed E-state index contributed by atoms with van der Waals surface area (Å²) >= 11 is 0. The van der Waals surface area contributed by atoms with Gasteiger partial charge in [-0.15, -0.1) is 0 Å². The standard InChI is InChI=1S/C13H20N2O/c1-9-4-3-5-11(8-9)13(15-14)12-7-6-10(2)16-12/h3-5,8,10,12-13,15H,6-7,14H2,1-2H3. The lowest BCUT2D eigenvalue weighted by molar-refractivity contribution is 0.0316. The van der Waals surface area contributed by atoms with Crippen LogP contribution in [0.5, 0.6) is 0 Å². The van der Waals surface area contributed by atoms with Crippen molar-refractivity contribution in [3.63, 3.8) is 0 Å². The minimum absolute atomic E-state index is 0.102. The highest BCUT2D eigenvalue weighted by atomic mass is 16.5. The number of benzene rings is 1. The van der Waals surface area contributed by atoms with Gasteiger partial charge in [0.25, 0.3) is 0 Å². The van der Waals surface area contributed by atoms with Crippen molar-refractivity contribution in [2.45, 2.75) is 44.9 Å². The van der Waals surface area contributed by atoms with Crippen molar-refractivity contribution in [3.05, 3.63) is 35.4 Å². The van der Waals surface area contributed by atoms with Crippen molar-refractivity contribution in [1.29, 1.82) is 0 Å². The third kappa shape index (κ3) is 2.43. The van der Waals surface area contributed by atoms with Crippen LogP contribution in [0.4, 0.5) is 0 Å². The summed E-state index contributed by atoms with van der Waals surface area (Å²) in [5.41, 5.74) is 5.35. The Morgan fingerprint density at radius 1 is 1.44 bits per heavy atom. The van der Waals surface area contributed by atoms with Gasteiger partial charge < -0.3 is 4.74 Å². The fourth-order valence-electron chi connectivity index (χ4n) is 2.36. The van der Waals surface area contributed by atoms with Crippen molar-refractivity contribution < 1.29 is 4.74 Å². The molecule has 0 saturated carbocycles. The van der Waals surface area contributed by atoms with Gasteiger partial charge in [0.15, 0.2) is 0 Å². The maximum Gasteiger partial charge on any atom is 0.0787 e. The van der Waals surface area contributed by atoms with E-state index in [2.05, 4.69) is 43.5 Å². The monoisotopic (exact) mass is 220 g/mol. The second-order valence-electron chi connectivity index (χ2n) is 4.62. The fraction of sp³-hybridized carbons (Fsp3) is 0.538. The lowest BCUT2D eigenvalue weighted by Gasteiger charge is -2.23. The summed E-state index contributed by atoms with van der Waals surface area (Å²) in [6, 6.07) is 8.52. The minimum atomic E-state index is 0.102. The molecule has 1 aliphatic rings. The molecule has 0 spiro atoms. The van der Waals surface area contributed by atoms with Gasteiger partial charge in [-0.25, -0.2) is 0 Å². The Bertz CT molecular complexity index is 354. The first kappa shape index (κ1) is 11.6. The lowest BCUT2D eigenvalue weighted by atomic mass is 9.98. The predicted molar refractivity (Wildman–Crippen MR) is 64.8 cm³/mol. The molecule has 0 radical (unpaired) electrons. The highest BCUT2D eigenvalue weighted by molar-refractivity contribution is 5.26. The largest absolute Gasteiger partial charge is 0.373 e. The molecule has 1 aromatic rings. The maximum atomic E-state index is 5.87. The van der Waals surface area contributed by atoms with Crippen LogP contribution in [0.25, 0.3) is 0 Å². The van der Waals surface area contributed by atoms with E-state index < -0.39 is 0 Å². The van der Waals surface area contributed by atoms with Crippen LogP contribution in [0.2, 0.25) is 0 Å². The molecule has 88 valence electrons. The number of ether oxygens (including phenoxy) is 1.